The van der Waals surface area contributed by atoms with E-state index < -0.39 is 0 Å². The van der Waals surface area contributed by atoms with Crippen molar-refractivity contribution in [2.75, 3.05) is 17.7 Å². The highest BCUT2D eigenvalue weighted by atomic mass is 35.5. The molecular weight excluding hydrogens is 348 g/mol. The molecule has 1 atom stereocenters. The number of thioether (sulfide) groups is 1. The van der Waals surface area contributed by atoms with Crippen molar-refractivity contribution in [2.45, 2.75) is 17.1 Å². The van der Waals surface area contributed by atoms with Crippen molar-refractivity contribution < 1.29 is 14.3 Å². The fourth-order valence-electron chi connectivity index (χ4n) is 2.32. The molecule has 7 heteroatoms. The van der Waals surface area contributed by atoms with Crippen LogP contribution < -0.4 is 15.4 Å². The molecule has 2 amide bonds. The summed E-state index contributed by atoms with van der Waals surface area (Å²) in [6.07, 6.45) is 0. The van der Waals surface area contributed by atoms with E-state index in [1.807, 2.05) is 13.0 Å². The monoisotopic (exact) mass is 362 g/mol. The molecule has 3 rings (SSSR count). The Labute approximate surface area is 148 Å². The van der Waals surface area contributed by atoms with Crippen LogP contribution in [0.15, 0.2) is 41.3 Å². The van der Waals surface area contributed by atoms with Crippen LogP contribution in [0.1, 0.15) is 17.3 Å². The largest absolute Gasteiger partial charge is 0.495 e. The minimum absolute atomic E-state index is 0.0680. The topological polar surface area (TPSA) is 67.4 Å². The van der Waals surface area contributed by atoms with Gasteiger partial charge in [-0.3, -0.25) is 9.59 Å². The van der Waals surface area contributed by atoms with Gasteiger partial charge in [0, 0.05) is 15.5 Å². The highest BCUT2D eigenvalue weighted by Gasteiger charge is 2.24. The molecule has 124 valence electrons. The Hall–Kier alpha value is -2.18. The highest BCUT2D eigenvalue weighted by molar-refractivity contribution is 8.00. The molecule has 5 nitrogen and oxygen atoms in total. The summed E-state index contributed by atoms with van der Waals surface area (Å²) in [5, 5.41) is 5.94. The van der Waals surface area contributed by atoms with Crippen LogP contribution in [0.5, 0.6) is 5.75 Å². The third kappa shape index (κ3) is 3.34. The van der Waals surface area contributed by atoms with Gasteiger partial charge in [-0.25, -0.2) is 0 Å². The Morgan fingerprint density at radius 1 is 1.29 bits per heavy atom. The summed E-state index contributed by atoms with van der Waals surface area (Å²) < 4.78 is 5.22. The lowest BCUT2D eigenvalue weighted by atomic mass is 10.1. The third-order valence-electron chi connectivity index (χ3n) is 3.58. The van der Waals surface area contributed by atoms with Gasteiger partial charge in [0.2, 0.25) is 5.91 Å². The number of amides is 2. The second-order valence-corrected chi connectivity index (χ2v) is 7.08. The van der Waals surface area contributed by atoms with Gasteiger partial charge in [0.1, 0.15) is 5.75 Å². The maximum atomic E-state index is 12.5. The van der Waals surface area contributed by atoms with Crippen molar-refractivity contribution in [2.24, 2.45) is 0 Å². The molecule has 1 aliphatic rings. The van der Waals surface area contributed by atoms with E-state index in [0.717, 1.165) is 4.90 Å². The number of rotatable bonds is 3. The molecule has 0 radical (unpaired) electrons. The number of halogens is 1. The molecule has 0 aromatic heterocycles. The van der Waals surface area contributed by atoms with Gasteiger partial charge in [-0.15, -0.1) is 11.8 Å². The van der Waals surface area contributed by atoms with E-state index in [2.05, 4.69) is 10.6 Å². The first-order chi connectivity index (χ1) is 11.5. The minimum Gasteiger partial charge on any atom is -0.495 e. The first-order valence-electron chi connectivity index (χ1n) is 7.24. The molecule has 2 aromatic rings. The van der Waals surface area contributed by atoms with Crippen LogP contribution in [0.25, 0.3) is 0 Å². The molecule has 0 bridgehead atoms. The fourth-order valence-corrected chi connectivity index (χ4v) is 3.42. The first-order valence-corrected chi connectivity index (χ1v) is 8.50. The van der Waals surface area contributed by atoms with Crippen molar-refractivity contribution in [1.29, 1.82) is 0 Å². The number of anilines is 2. The predicted molar refractivity (Wildman–Crippen MR) is 96.3 cm³/mol. The second-order valence-electron chi connectivity index (χ2n) is 5.26. The quantitative estimate of drug-likeness (QED) is 0.864. The van der Waals surface area contributed by atoms with E-state index in [-0.39, 0.29) is 17.1 Å². The van der Waals surface area contributed by atoms with Gasteiger partial charge >= 0.3 is 0 Å². The second kappa shape index (κ2) is 6.75. The molecule has 24 heavy (non-hydrogen) atoms. The maximum absolute atomic E-state index is 12.5. The van der Waals surface area contributed by atoms with E-state index in [1.54, 1.807) is 30.3 Å². The Morgan fingerprint density at radius 2 is 2.08 bits per heavy atom. The SMILES string of the molecule is COc1ccc(Cl)cc1NC(=O)c1ccc2c(c1)NC(=O)C(C)S2. The average Bonchev–Trinajstić information content (AvgIpc) is 2.55. The number of hydrogen-bond donors (Lipinski definition) is 2. The maximum Gasteiger partial charge on any atom is 0.255 e. The van der Waals surface area contributed by atoms with E-state index in [4.69, 9.17) is 16.3 Å². The summed E-state index contributed by atoms with van der Waals surface area (Å²) in [6.45, 7) is 1.84. The lowest BCUT2D eigenvalue weighted by Crippen LogP contribution is -2.26. The van der Waals surface area contributed by atoms with Gasteiger partial charge in [-0.05, 0) is 43.3 Å². The van der Waals surface area contributed by atoms with Crippen molar-refractivity contribution >= 4 is 46.6 Å². The Bertz CT molecular complexity index is 825. The molecule has 1 unspecified atom stereocenters. The number of methoxy groups -OCH3 is 1. The molecule has 0 spiro atoms. The van der Waals surface area contributed by atoms with Gasteiger partial charge < -0.3 is 15.4 Å². The van der Waals surface area contributed by atoms with E-state index in [1.165, 1.54) is 18.9 Å². The Kier molecular flexibility index (Phi) is 4.69. The minimum atomic E-state index is -0.309. The van der Waals surface area contributed by atoms with Crippen LogP contribution in [-0.4, -0.2) is 24.2 Å². The van der Waals surface area contributed by atoms with Crippen molar-refractivity contribution in [3.05, 3.63) is 47.0 Å². The predicted octanol–water partition coefficient (Wildman–Crippen LogP) is 4.03. The van der Waals surface area contributed by atoms with E-state index in [0.29, 0.717) is 27.7 Å². The zero-order chi connectivity index (χ0) is 17.3. The van der Waals surface area contributed by atoms with Crippen LogP contribution in [0.2, 0.25) is 5.02 Å². The number of carbonyl (C=O) groups is 2. The van der Waals surface area contributed by atoms with Crippen molar-refractivity contribution in [3.8, 4) is 5.75 Å². The lowest BCUT2D eigenvalue weighted by molar-refractivity contribution is -0.115. The number of carbonyl (C=O) groups excluding carboxylic acids is 2. The van der Waals surface area contributed by atoms with E-state index in [9.17, 15) is 9.59 Å². The van der Waals surface area contributed by atoms with Crippen molar-refractivity contribution in [3.63, 3.8) is 0 Å². The van der Waals surface area contributed by atoms with Gasteiger partial charge in [0.05, 0.1) is 23.7 Å². The van der Waals surface area contributed by atoms with Crippen LogP contribution in [0.3, 0.4) is 0 Å². The molecule has 1 heterocycles. The summed E-state index contributed by atoms with van der Waals surface area (Å²) in [5.74, 6) is 0.140. The smallest absolute Gasteiger partial charge is 0.255 e. The summed E-state index contributed by atoms with van der Waals surface area (Å²) in [4.78, 5) is 25.2. The van der Waals surface area contributed by atoms with Crippen LogP contribution >= 0.6 is 23.4 Å². The lowest BCUT2D eigenvalue weighted by Gasteiger charge is -2.21. The Balaban J connectivity index is 1.85. The van der Waals surface area contributed by atoms with Crippen LogP contribution in [-0.2, 0) is 4.79 Å². The van der Waals surface area contributed by atoms with Crippen LogP contribution in [0, 0.1) is 0 Å². The van der Waals surface area contributed by atoms with E-state index >= 15 is 0 Å². The van der Waals surface area contributed by atoms with Crippen LogP contribution in [0.4, 0.5) is 11.4 Å². The first kappa shape index (κ1) is 16.7. The summed E-state index contributed by atoms with van der Waals surface area (Å²) in [5.41, 5.74) is 1.57. The zero-order valence-electron chi connectivity index (χ0n) is 13.1. The van der Waals surface area contributed by atoms with Gasteiger partial charge in [0.15, 0.2) is 0 Å². The third-order valence-corrected chi connectivity index (χ3v) is 4.99. The standard InChI is InChI=1S/C17H15ClN2O3S/c1-9-16(21)20-13-7-10(3-6-15(13)24-9)17(22)19-12-8-11(18)4-5-14(12)23-2/h3-9H,1-2H3,(H,19,22)(H,20,21). The summed E-state index contributed by atoms with van der Waals surface area (Å²) >= 11 is 7.44. The number of fused-ring (bicyclic) bond motifs is 1. The normalized spacial score (nSPS) is 16.1. The number of nitrogens with one attached hydrogen (secondary N) is 2. The Morgan fingerprint density at radius 3 is 2.83 bits per heavy atom. The highest BCUT2D eigenvalue weighted by Crippen LogP contribution is 2.36. The fraction of sp³-hybridized carbons (Fsp3) is 0.176. The van der Waals surface area contributed by atoms with Gasteiger partial charge in [-0.2, -0.15) is 0 Å². The average molecular weight is 363 g/mol. The van der Waals surface area contributed by atoms with Gasteiger partial charge in [0.25, 0.3) is 5.91 Å². The summed E-state index contributed by atoms with van der Waals surface area (Å²) in [6, 6.07) is 10.2. The molecule has 0 saturated heterocycles. The molecule has 0 aliphatic carbocycles. The molecular formula is C17H15ClN2O3S. The molecule has 2 N–H and O–H groups in total. The molecule has 1 aliphatic heterocycles. The number of benzene rings is 2. The molecule has 0 fully saturated rings. The van der Waals surface area contributed by atoms with Gasteiger partial charge in [-0.1, -0.05) is 11.6 Å². The number of ether oxygens (including phenoxy) is 1. The molecule has 0 saturated carbocycles. The summed E-state index contributed by atoms with van der Waals surface area (Å²) in [7, 11) is 1.52. The zero-order valence-corrected chi connectivity index (χ0v) is 14.6. The van der Waals surface area contributed by atoms with Crippen molar-refractivity contribution in [1.82, 2.24) is 0 Å². The number of hydrogen-bond acceptors (Lipinski definition) is 4. The molecule has 2 aromatic carbocycles.